The highest BCUT2D eigenvalue weighted by atomic mass is 15.3. The van der Waals surface area contributed by atoms with Crippen molar-refractivity contribution in [1.29, 1.82) is 0 Å². The third-order valence-corrected chi connectivity index (χ3v) is 5.12. The van der Waals surface area contributed by atoms with E-state index in [1.54, 1.807) is 0 Å². The maximum atomic E-state index is 6.31. The molecule has 2 bridgehead atoms. The van der Waals surface area contributed by atoms with Crippen LogP contribution < -0.4 is 5.73 Å². The van der Waals surface area contributed by atoms with Gasteiger partial charge in [-0.25, -0.2) is 0 Å². The summed E-state index contributed by atoms with van der Waals surface area (Å²) in [7, 11) is 2.29. The van der Waals surface area contributed by atoms with Gasteiger partial charge in [0.25, 0.3) is 0 Å². The number of fused-ring (bicyclic) bond motifs is 2. The molecule has 1 aromatic heterocycles. The standard InChI is InChI=1S/C16H26N4/c1-12(17)16(13-5-8-18-9-6-13)20-10-7-14-3-4-15(11-20)19(14)2/h5-6,8-9,12,14-16H,3-4,7,10-11,17H2,1-2H3. The molecule has 4 nitrogen and oxygen atoms in total. The largest absolute Gasteiger partial charge is 0.326 e. The summed E-state index contributed by atoms with van der Waals surface area (Å²) < 4.78 is 0. The zero-order valence-corrected chi connectivity index (χ0v) is 12.6. The molecule has 2 fully saturated rings. The summed E-state index contributed by atoms with van der Waals surface area (Å²) in [5.41, 5.74) is 7.61. The quantitative estimate of drug-likeness (QED) is 0.910. The molecular formula is C16H26N4. The fourth-order valence-electron chi connectivity index (χ4n) is 4.00. The Labute approximate surface area is 122 Å². The highest BCUT2D eigenvalue weighted by Crippen LogP contribution is 2.33. The molecule has 2 N–H and O–H groups in total. The van der Waals surface area contributed by atoms with Crippen molar-refractivity contribution in [2.75, 3.05) is 20.1 Å². The van der Waals surface area contributed by atoms with Crippen molar-refractivity contribution in [2.24, 2.45) is 5.73 Å². The Morgan fingerprint density at radius 1 is 1.20 bits per heavy atom. The number of hydrogen-bond donors (Lipinski definition) is 1. The second-order valence-electron chi connectivity index (χ2n) is 6.42. The van der Waals surface area contributed by atoms with Crippen LogP contribution >= 0.6 is 0 Å². The van der Waals surface area contributed by atoms with Gasteiger partial charge in [-0.05, 0) is 50.9 Å². The predicted molar refractivity (Wildman–Crippen MR) is 81.4 cm³/mol. The Bertz CT molecular complexity index is 433. The summed E-state index contributed by atoms with van der Waals surface area (Å²) in [6.45, 7) is 4.42. The molecule has 0 radical (unpaired) electrons. The summed E-state index contributed by atoms with van der Waals surface area (Å²) in [6, 6.07) is 6.15. The van der Waals surface area contributed by atoms with Gasteiger partial charge in [0.1, 0.15) is 0 Å². The van der Waals surface area contributed by atoms with Crippen molar-refractivity contribution in [3.8, 4) is 0 Å². The molecule has 3 heterocycles. The number of likely N-dealkylation sites (N-methyl/N-ethyl adjacent to an activating group) is 1. The van der Waals surface area contributed by atoms with E-state index in [0.29, 0.717) is 12.1 Å². The summed E-state index contributed by atoms with van der Waals surface area (Å²) in [5, 5.41) is 0. The van der Waals surface area contributed by atoms with Gasteiger partial charge in [-0.15, -0.1) is 0 Å². The number of aromatic nitrogens is 1. The lowest BCUT2D eigenvalue weighted by Crippen LogP contribution is -2.44. The highest BCUT2D eigenvalue weighted by Gasteiger charge is 2.37. The molecule has 1 aromatic rings. The second-order valence-corrected chi connectivity index (χ2v) is 6.42. The minimum atomic E-state index is 0.138. The Morgan fingerprint density at radius 2 is 1.90 bits per heavy atom. The van der Waals surface area contributed by atoms with Crippen LogP contribution in [0.15, 0.2) is 24.5 Å². The average molecular weight is 274 g/mol. The molecule has 20 heavy (non-hydrogen) atoms. The molecule has 4 atom stereocenters. The summed E-state index contributed by atoms with van der Waals surface area (Å²) >= 11 is 0. The molecule has 0 amide bonds. The van der Waals surface area contributed by atoms with E-state index in [2.05, 4.69) is 40.9 Å². The lowest BCUT2D eigenvalue weighted by molar-refractivity contribution is 0.155. The SMILES string of the molecule is CC(N)C(c1ccncc1)N1CCC2CCC(C1)N2C. The second kappa shape index (κ2) is 5.80. The first kappa shape index (κ1) is 14.0. The topological polar surface area (TPSA) is 45.4 Å². The lowest BCUT2D eigenvalue weighted by atomic mass is 9.98. The van der Waals surface area contributed by atoms with Gasteiger partial charge in [-0.2, -0.15) is 0 Å². The van der Waals surface area contributed by atoms with Crippen LogP contribution in [-0.2, 0) is 0 Å². The maximum absolute atomic E-state index is 6.31. The van der Waals surface area contributed by atoms with Crippen molar-refractivity contribution in [2.45, 2.75) is 50.4 Å². The molecule has 2 aliphatic heterocycles. The van der Waals surface area contributed by atoms with Crippen LogP contribution in [0.25, 0.3) is 0 Å². The molecule has 2 aliphatic rings. The molecule has 0 saturated carbocycles. The average Bonchev–Trinajstić information content (AvgIpc) is 2.67. The van der Waals surface area contributed by atoms with Crippen LogP contribution in [0.1, 0.15) is 37.8 Å². The Morgan fingerprint density at radius 3 is 2.60 bits per heavy atom. The molecule has 4 heteroatoms. The monoisotopic (exact) mass is 274 g/mol. The van der Waals surface area contributed by atoms with Crippen molar-refractivity contribution in [1.82, 2.24) is 14.8 Å². The molecule has 0 aromatic carbocycles. The Kier molecular flexibility index (Phi) is 4.06. The summed E-state index contributed by atoms with van der Waals surface area (Å²) in [5.74, 6) is 0. The predicted octanol–water partition coefficient (Wildman–Crippen LogP) is 1.64. The highest BCUT2D eigenvalue weighted by molar-refractivity contribution is 5.17. The number of hydrogen-bond acceptors (Lipinski definition) is 4. The van der Waals surface area contributed by atoms with E-state index in [9.17, 15) is 0 Å². The smallest absolute Gasteiger partial charge is 0.0498 e. The van der Waals surface area contributed by atoms with Crippen molar-refractivity contribution < 1.29 is 0 Å². The fraction of sp³-hybridized carbons (Fsp3) is 0.688. The van der Waals surface area contributed by atoms with E-state index >= 15 is 0 Å². The molecule has 0 spiro atoms. The number of pyridine rings is 1. The van der Waals surface area contributed by atoms with Crippen LogP contribution in [0.5, 0.6) is 0 Å². The van der Waals surface area contributed by atoms with Gasteiger partial charge >= 0.3 is 0 Å². The van der Waals surface area contributed by atoms with Crippen LogP contribution in [-0.4, -0.2) is 53.0 Å². The zero-order chi connectivity index (χ0) is 14.1. The van der Waals surface area contributed by atoms with Gasteiger partial charge in [-0.3, -0.25) is 14.8 Å². The van der Waals surface area contributed by atoms with Gasteiger partial charge in [0.05, 0.1) is 0 Å². The molecule has 0 aliphatic carbocycles. The molecule has 110 valence electrons. The number of likely N-dealkylation sites (tertiary alicyclic amines) is 1. The Hall–Kier alpha value is -0.970. The van der Waals surface area contributed by atoms with Gasteiger partial charge in [-0.1, -0.05) is 0 Å². The van der Waals surface area contributed by atoms with Gasteiger partial charge in [0.2, 0.25) is 0 Å². The van der Waals surface area contributed by atoms with Gasteiger partial charge in [0, 0.05) is 49.7 Å². The number of rotatable bonds is 3. The van der Waals surface area contributed by atoms with Crippen LogP contribution in [0.4, 0.5) is 0 Å². The lowest BCUT2D eigenvalue weighted by Gasteiger charge is -2.35. The van der Waals surface area contributed by atoms with E-state index in [1.165, 1.54) is 24.8 Å². The first-order chi connectivity index (χ1) is 9.66. The molecule has 2 saturated heterocycles. The van der Waals surface area contributed by atoms with Crippen molar-refractivity contribution in [3.05, 3.63) is 30.1 Å². The van der Waals surface area contributed by atoms with Crippen molar-refractivity contribution >= 4 is 0 Å². The zero-order valence-electron chi connectivity index (χ0n) is 12.6. The van der Waals surface area contributed by atoms with E-state index < -0.39 is 0 Å². The fourth-order valence-corrected chi connectivity index (χ4v) is 4.00. The molecular weight excluding hydrogens is 248 g/mol. The van der Waals surface area contributed by atoms with Gasteiger partial charge in [0.15, 0.2) is 0 Å². The minimum absolute atomic E-state index is 0.138. The van der Waals surface area contributed by atoms with Crippen molar-refractivity contribution in [3.63, 3.8) is 0 Å². The van der Waals surface area contributed by atoms with Crippen LogP contribution in [0.3, 0.4) is 0 Å². The summed E-state index contributed by atoms with van der Waals surface area (Å²) in [6.07, 6.45) is 7.72. The number of nitrogens with two attached hydrogens (primary N) is 1. The van der Waals surface area contributed by atoms with Crippen LogP contribution in [0, 0.1) is 0 Å². The molecule has 4 unspecified atom stereocenters. The van der Waals surface area contributed by atoms with Crippen LogP contribution in [0.2, 0.25) is 0 Å². The first-order valence-corrected chi connectivity index (χ1v) is 7.78. The normalized spacial score (nSPS) is 30.9. The van der Waals surface area contributed by atoms with E-state index in [0.717, 1.165) is 19.1 Å². The molecule has 3 rings (SSSR count). The third kappa shape index (κ3) is 2.60. The number of nitrogens with zero attached hydrogens (tertiary/aromatic N) is 3. The minimum Gasteiger partial charge on any atom is -0.326 e. The summed E-state index contributed by atoms with van der Waals surface area (Å²) in [4.78, 5) is 9.32. The Balaban J connectivity index is 1.82. The van der Waals surface area contributed by atoms with E-state index in [4.69, 9.17) is 5.73 Å². The third-order valence-electron chi connectivity index (χ3n) is 5.12. The first-order valence-electron chi connectivity index (χ1n) is 7.78. The maximum Gasteiger partial charge on any atom is 0.0498 e. The van der Waals surface area contributed by atoms with Gasteiger partial charge < -0.3 is 5.73 Å². The van der Waals surface area contributed by atoms with E-state index in [-0.39, 0.29) is 6.04 Å². The van der Waals surface area contributed by atoms with E-state index in [1.807, 2.05) is 12.4 Å².